The standard InChI is InChI=1S/C8H14N6O/c9-7-1-3-13(4-2-7)8(15)5-14-6-10-11-12-14/h6-7H,1-5,9H2. The highest BCUT2D eigenvalue weighted by molar-refractivity contribution is 5.75. The summed E-state index contributed by atoms with van der Waals surface area (Å²) in [6, 6.07) is 0.238. The van der Waals surface area contributed by atoms with E-state index in [1.807, 2.05) is 4.90 Å². The van der Waals surface area contributed by atoms with Crippen molar-refractivity contribution in [3.63, 3.8) is 0 Å². The number of hydrogen-bond donors (Lipinski definition) is 1. The molecule has 1 aliphatic heterocycles. The van der Waals surface area contributed by atoms with E-state index in [-0.39, 0.29) is 18.5 Å². The molecule has 1 aliphatic rings. The van der Waals surface area contributed by atoms with Gasteiger partial charge in [0.15, 0.2) is 0 Å². The van der Waals surface area contributed by atoms with E-state index in [0.717, 1.165) is 25.9 Å². The fraction of sp³-hybridized carbons (Fsp3) is 0.750. The van der Waals surface area contributed by atoms with Crippen molar-refractivity contribution in [3.05, 3.63) is 6.33 Å². The Morgan fingerprint density at radius 1 is 1.47 bits per heavy atom. The van der Waals surface area contributed by atoms with Crippen molar-refractivity contribution in [2.75, 3.05) is 13.1 Å². The zero-order valence-electron chi connectivity index (χ0n) is 8.41. The molecule has 2 heterocycles. The first kappa shape index (κ1) is 10.0. The summed E-state index contributed by atoms with van der Waals surface area (Å²) in [5, 5.41) is 10.6. The van der Waals surface area contributed by atoms with Crippen LogP contribution in [0.1, 0.15) is 12.8 Å². The lowest BCUT2D eigenvalue weighted by atomic mass is 10.1. The van der Waals surface area contributed by atoms with Crippen LogP contribution in [0.4, 0.5) is 0 Å². The number of piperidine rings is 1. The lowest BCUT2D eigenvalue weighted by Gasteiger charge is -2.29. The molecule has 2 rings (SSSR count). The fourth-order valence-corrected chi connectivity index (χ4v) is 1.64. The number of likely N-dealkylation sites (tertiary alicyclic amines) is 1. The molecule has 15 heavy (non-hydrogen) atoms. The molecule has 0 saturated carbocycles. The topological polar surface area (TPSA) is 89.9 Å². The largest absolute Gasteiger partial charge is 0.341 e. The Morgan fingerprint density at radius 2 is 2.20 bits per heavy atom. The second-order valence-electron chi connectivity index (χ2n) is 3.73. The monoisotopic (exact) mass is 210 g/mol. The third kappa shape index (κ3) is 2.50. The van der Waals surface area contributed by atoms with Gasteiger partial charge in [-0.05, 0) is 23.3 Å². The van der Waals surface area contributed by atoms with E-state index in [9.17, 15) is 4.79 Å². The van der Waals surface area contributed by atoms with Gasteiger partial charge < -0.3 is 10.6 Å². The normalized spacial score (nSPS) is 18.1. The second-order valence-corrected chi connectivity index (χ2v) is 3.73. The maximum atomic E-state index is 11.7. The smallest absolute Gasteiger partial charge is 0.244 e. The quantitative estimate of drug-likeness (QED) is 0.650. The van der Waals surface area contributed by atoms with Gasteiger partial charge >= 0.3 is 0 Å². The molecule has 82 valence electrons. The first-order valence-corrected chi connectivity index (χ1v) is 5.00. The molecule has 0 bridgehead atoms. The molecule has 1 saturated heterocycles. The Kier molecular flexibility index (Phi) is 2.91. The van der Waals surface area contributed by atoms with Crippen LogP contribution in [0.25, 0.3) is 0 Å². The highest BCUT2D eigenvalue weighted by Gasteiger charge is 2.20. The maximum Gasteiger partial charge on any atom is 0.244 e. The third-order valence-corrected chi connectivity index (χ3v) is 2.58. The van der Waals surface area contributed by atoms with Crippen molar-refractivity contribution in [2.45, 2.75) is 25.4 Å². The molecule has 7 nitrogen and oxygen atoms in total. The number of aromatic nitrogens is 4. The SMILES string of the molecule is NC1CCN(C(=O)Cn2cnnn2)CC1. The zero-order chi connectivity index (χ0) is 10.7. The van der Waals surface area contributed by atoms with Crippen LogP contribution in [0.3, 0.4) is 0 Å². The Labute approximate surface area is 87.2 Å². The summed E-state index contributed by atoms with van der Waals surface area (Å²) in [5.74, 6) is 0.0502. The van der Waals surface area contributed by atoms with Crippen LogP contribution in [0.15, 0.2) is 6.33 Å². The number of hydrogen-bond acceptors (Lipinski definition) is 5. The van der Waals surface area contributed by atoms with Crippen LogP contribution in [-0.2, 0) is 11.3 Å². The Morgan fingerprint density at radius 3 is 2.80 bits per heavy atom. The van der Waals surface area contributed by atoms with Crippen LogP contribution >= 0.6 is 0 Å². The van der Waals surface area contributed by atoms with Crippen LogP contribution in [0.2, 0.25) is 0 Å². The van der Waals surface area contributed by atoms with Crippen LogP contribution in [0, 0.1) is 0 Å². The maximum absolute atomic E-state index is 11.7. The lowest BCUT2D eigenvalue weighted by Crippen LogP contribution is -2.44. The Balaban J connectivity index is 1.86. The minimum atomic E-state index is 0.0502. The summed E-state index contributed by atoms with van der Waals surface area (Å²) in [4.78, 5) is 13.6. The van der Waals surface area contributed by atoms with Gasteiger partial charge in [-0.25, -0.2) is 4.68 Å². The minimum absolute atomic E-state index is 0.0502. The Hall–Kier alpha value is -1.50. The van der Waals surface area contributed by atoms with Gasteiger partial charge in [0.1, 0.15) is 12.9 Å². The Bertz CT molecular complexity index is 316. The highest BCUT2D eigenvalue weighted by atomic mass is 16.2. The molecular weight excluding hydrogens is 196 g/mol. The predicted octanol–water partition coefficient (Wildman–Crippen LogP) is -1.38. The van der Waals surface area contributed by atoms with Crippen molar-refractivity contribution < 1.29 is 4.79 Å². The van der Waals surface area contributed by atoms with E-state index in [1.54, 1.807) is 0 Å². The summed E-state index contributed by atoms with van der Waals surface area (Å²) >= 11 is 0. The number of rotatable bonds is 2. The summed E-state index contributed by atoms with van der Waals surface area (Å²) in [7, 11) is 0. The molecular formula is C8H14N6O. The molecule has 0 spiro atoms. The average Bonchev–Trinajstić information content (AvgIpc) is 2.71. The van der Waals surface area contributed by atoms with E-state index in [1.165, 1.54) is 11.0 Å². The number of nitrogens with two attached hydrogens (primary N) is 1. The van der Waals surface area contributed by atoms with Gasteiger partial charge in [-0.1, -0.05) is 0 Å². The second kappa shape index (κ2) is 4.35. The molecule has 0 aliphatic carbocycles. The average molecular weight is 210 g/mol. The van der Waals surface area contributed by atoms with Gasteiger partial charge in [-0.15, -0.1) is 5.10 Å². The number of nitrogens with zero attached hydrogens (tertiary/aromatic N) is 5. The first-order chi connectivity index (χ1) is 7.25. The van der Waals surface area contributed by atoms with Gasteiger partial charge in [0.2, 0.25) is 5.91 Å². The number of carbonyl (C=O) groups is 1. The molecule has 1 aromatic heterocycles. The molecule has 0 atom stereocenters. The van der Waals surface area contributed by atoms with Gasteiger partial charge in [0.25, 0.3) is 0 Å². The first-order valence-electron chi connectivity index (χ1n) is 5.00. The van der Waals surface area contributed by atoms with Crippen molar-refractivity contribution in [1.29, 1.82) is 0 Å². The lowest BCUT2D eigenvalue weighted by molar-refractivity contribution is -0.133. The molecule has 1 aromatic rings. The third-order valence-electron chi connectivity index (χ3n) is 2.58. The van der Waals surface area contributed by atoms with Crippen molar-refractivity contribution in [3.8, 4) is 0 Å². The minimum Gasteiger partial charge on any atom is -0.341 e. The molecule has 1 fully saturated rings. The number of amides is 1. The molecule has 0 aromatic carbocycles. The zero-order valence-corrected chi connectivity index (χ0v) is 8.41. The molecule has 0 unspecified atom stereocenters. The molecule has 0 radical (unpaired) electrons. The summed E-state index contributed by atoms with van der Waals surface area (Å²) < 4.78 is 1.43. The van der Waals surface area contributed by atoms with Crippen molar-refractivity contribution >= 4 is 5.91 Å². The molecule has 2 N–H and O–H groups in total. The van der Waals surface area contributed by atoms with E-state index in [2.05, 4.69) is 15.5 Å². The van der Waals surface area contributed by atoms with Gasteiger partial charge in [0, 0.05) is 19.1 Å². The summed E-state index contributed by atoms with van der Waals surface area (Å²) in [6.45, 7) is 1.69. The molecule has 1 amide bonds. The van der Waals surface area contributed by atoms with E-state index >= 15 is 0 Å². The van der Waals surface area contributed by atoms with Crippen molar-refractivity contribution in [2.24, 2.45) is 5.73 Å². The van der Waals surface area contributed by atoms with Crippen LogP contribution in [-0.4, -0.2) is 50.1 Å². The van der Waals surface area contributed by atoms with E-state index in [0.29, 0.717) is 0 Å². The summed E-state index contributed by atoms with van der Waals surface area (Å²) in [5.41, 5.74) is 5.76. The van der Waals surface area contributed by atoms with E-state index < -0.39 is 0 Å². The van der Waals surface area contributed by atoms with Crippen LogP contribution in [0.5, 0.6) is 0 Å². The number of carbonyl (C=O) groups excluding carboxylic acids is 1. The summed E-state index contributed by atoms with van der Waals surface area (Å²) in [6.07, 6.45) is 3.19. The van der Waals surface area contributed by atoms with Gasteiger partial charge in [-0.2, -0.15) is 0 Å². The van der Waals surface area contributed by atoms with Gasteiger partial charge in [-0.3, -0.25) is 4.79 Å². The predicted molar refractivity (Wildman–Crippen MR) is 51.6 cm³/mol. The fourth-order valence-electron chi connectivity index (χ4n) is 1.64. The van der Waals surface area contributed by atoms with E-state index in [4.69, 9.17) is 5.73 Å². The van der Waals surface area contributed by atoms with Crippen LogP contribution < -0.4 is 5.73 Å². The number of tetrazole rings is 1. The van der Waals surface area contributed by atoms with Crippen molar-refractivity contribution in [1.82, 2.24) is 25.1 Å². The van der Waals surface area contributed by atoms with Gasteiger partial charge in [0.05, 0.1) is 0 Å². The highest BCUT2D eigenvalue weighted by Crippen LogP contribution is 2.08. The molecule has 7 heteroatoms.